The first-order valence-corrected chi connectivity index (χ1v) is 14.1. The molecule has 9 heteroatoms. The van der Waals surface area contributed by atoms with E-state index in [2.05, 4.69) is 26.4 Å². The fourth-order valence-corrected chi connectivity index (χ4v) is 7.90. The van der Waals surface area contributed by atoms with Gasteiger partial charge in [0.2, 0.25) is 5.91 Å². The molecule has 3 saturated heterocycles. The van der Waals surface area contributed by atoms with Gasteiger partial charge in [-0.25, -0.2) is 13.4 Å². The van der Waals surface area contributed by atoms with Crippen LogP contribution in [-0.2, 0) is 21.2 Å². The van der Waals surface area contributed by atoms with Crippen LogP contribution < -0.4 is 21.4 Å². The Labute approximate surface area is 197 Å². The summed E-state index contributed by atoms with van der Waals surface area (Å²) in [5.41, 5.74) is 4.32. The Bertz CT molecular complexity index is 918. The number of rotatable bonds is 6. The lowest BCUT2D eigenvalue weighted by Crippen LogP contribution is -2.45. The Morgan fingerprint density at radius 3 is 2.67 bits per heavy atom. The fraction of sp³-hybridized carbons (Fsp3) is 0.708. The second kappa shape index (κ2) is 10.00. The van der Waals surface area contributed by atoms with Gasteiger partial charge in [0.05, 0.1) is 16.2 Å². The molecule has 4 N–H and O–H groups in total. The summed E-state index contributed by atoms with van der Waals surface area (Å²) in [5.74, 6) is 0.560. The molecule has 1 aromatic rings. The van der Waals surface area contributed by atoms with E-state index in [0.717, 1.165) is 70.3 Å². The third kappa shape index (κ3) is 5.12. The summed E-state index contributed by atoms with van der Waals surface area (Å²) < 4.78 is 26.6. The molecular weight excluding hydrogens is 438 g/mol. The zero-order valence-electron chi connectivity index (χ0n) is 19.3. The van der Waals surface area contributed by atoms with E-state index in [0.29, 0.717) is 35.9 Å². The zero-order valence-corrected chi connectivity index (χ0v) is 20.1. The van der Waals surface area contributed by atoms with Crippen molar-refractivity contribution in [3.8, 4) is 0 Å². The van der Waals surface area contributed by atoms with Crippen LogP contribution in [0, 0.1) is 5.92 Å². The van der Waals surface area contributed by atoms with Gasteiger partial charge in [0, 0.05) is 31.7 Å². The molecule has 182 valence electrons. The Kier molecular flexibility index (Phi) is 7.04. The SMILES string of the molecule is O=C(NCc1ccc(S(=O)(=O)C2CCCC(N3CCCN3)C2)cc1)C1CC2CNCCC2N1. The molecule has 4 aliphatic rings. The lowest BCUT2D eigenvalue weighted by Gasteiger charge is -2.34. The van der Waals surface area contributed by atoms with Crippen molar-refractivity contribution in [1.82, 2.24) is 26.4 Å². The molecule has 5 atom stereocenters. The Hall–Kier alpha value is -1.52. The number of hydrogen-bond donors (Lipinski definition) is 4. The predicted molar refractivity (Wildman–Crippen MR) is 127 cm³/mol. The molecule has 1 aromatic carbocycles. The number of hydrogen-bond acceptors (Lipinski definition) is 7. The highest BCUT2D eigenvalue weighted by atomic mass is 32.2. The van der Waals surface area contributed by atoms with Gasteiger partial charge in [0.25, 0.3) is 0 Å². The molecule has 0 radical (unpaired) electrons. The van der Waals surface area contributed by atoms with Crippen LogP contribution in [0.3, 0.4) is 0 Å². The van der Waals surface area contributed by atoms with Gasteiger partial charge in [-0.3, -0.25) is 10.2 Å². The van der Waals surface area contributed by atoms with Gasteiger partial charge in [-0.15, -0.1) is 0 Å². The number of hydrazine groups is 1. The number of sulfone groups is 1. The molecule has 1 saturated carbocycles. The molecule has 3 heterocycles. The highest BCUT2D eigenvalue weighted by Gasteiger charge is 2.38. The summed E-state index contributed by atoms with van der Waals surface area (Å²) in [5, 5.41) is 11.8. The molecule has 0 aromatic heterocycles. The minimum atomic E-state index is -3.36. The molecule has 0 bridgehead atoms. The van der Waals surface area contributed by atoms with Gasteiger partial charge in [-0.2, -0.15) is 0 Å². The average Bonchev–Trinajstić information content (AvgIpc) is 3.53. The largest absolute Gasteiger partial charge is 0.351 e. The van der Waals surface area contributed by atoms with Gasteiger partial charge in [-0.05, 0) is 75.2 Å². The zero-order chi connectivity index (χ0) is 22.8. The number of nitrogens with one attached hydrogen (secondary N) is 4. The number of nitrogens with zero attached hydrogens (tertiary/aromatic N) is 1. The predicted octanol–water partition coefficient (Wildman–Crippen LogP) is 0.938. The van der Waals surface area contributed by atoms with Crippen LogP contribution >= 0.6 is 0 Å². The van der Waals surface area contributed by atoms with Gasteiger partial charge in [0.1, 0.15) is 0 Å². The van der Waals surface area contributed by atoms with Crippen molar-refractivity contribution in [2.24, 2.45) is 5.92 Å². The molecule has 4 fully saturated rings. The summed E-state index contributed by atoms with van der Waals surface area (Å²) in [7, 11) is -3.36. The van der Waals surface area contributed by atoms with Crippen molar-refractivity contribution < 1.29 is 13.2 Å². The lowest BCUT2D eigenvalue weighted by molar-refractivity contribution is -0.123. The molecule has 33 heavy (non-hydrogen) atoms. The fourth-order valence-electron chi connectivity index (χ4n) is 6.05. The van der Waals surface area contributed by atoms with Crippen LogP contribution in [0.2, 0.25) is 0 Å². The van der Waals surface area contributed by atoms with E-state index in [1.807, 2.05) is 12.1 Å². The van der Waals surface area contributed by atoms with Gasteiger partial charge in [-0.1, -0.05) is 18.6 Å². The van der Waals surface area contributed by atoms with Crippen LogP contribution in [0.4, 0.5) is 0 Å². The molecule has 5 rings (SSSR count). The number of fused-ring (bicyclic) bond motifs is 1. The van der Waals surface area contributed by atoms with E-state index < -0.39 is 9.84 Å². The Balaban J connectivity index is 1.15. The molecule has 3 aliphatic heterocycles. The van der Waals surface area contributed by atoms with E-state index >= 15 is 0 Å². The first kappa shape index (κ1) is 23.2. The normalized spacial score (nSPS) is 33.0. The molecule has 5 unspecified atom stereocenters. The van der Waals surface area contributed by atoms with Crippen LogP contribution in [-0.4, -0.2) is 68.9 Å². The van der Waals surface area contributed by atoms with Crippen molar-refractivity contribution in [1.29, 1.82) is 0 Å². The summed E-state index contributed by atoms with van der Waals surface area (Å²) in [4.78, 5) is 13.0. The van der Waals surface area contributed by atoms with Crippen molar-refractivity contribution in [2.45, 2.75) is 79.8 Å². The van der Waals surface area contributed by atoms with Crippen molar-refractivity contribution in [3.63, 3.8) is 0 Å². The number of piperidine rings is 1. The van der Waals surface area contributed by atoms with Gasteiger partial charge in [0.15, 0.2) is 9.84 Å². The molecule has 8 nitrogen and oxygen atoms in total. The van der Waals surface area contributed by atoms with Gasteiger partial charge < -0.3 is 16.0 Å². The van der Waals surface area contributed by atoms with E-state index in [1.165, 1.54) is 0 Å². The van der Waals surface area contributed by atoms with Crippen LogP contribution in [0.15, 0.2) is 29.2 Å². The standard InChI is InChI=1S/C24H37N5O3S/c30-24(23-13-18-16-25-11-9-22(18)28-23)26-15-17-5-7-20(8-6-17)33(31,32)21-4-1-3-19(14-21)29-12-2-10-27-29/h5-8,18-19,21-23,25,27-28H,1-4,9-16H2,(H,26,30). The van der Waals surface area contributed by atoms with E-state index in [1.54, 1.807) is 12.1 Å². The summed E-state index contributed by atoms with van der Waals surface area (Å²) in [6, 6.07) is 7.70. The first-order valence-electron chi connectivity index (χ1n) is 12.6. The van der Waals surface area contributed by atoms with Crippen LogP contribution in [0.25, 0.3) is 0 Å². The molecule has 1 aliphatic carbocycles. The number of carbonyl (C=O) groups excluding carboxylic acids is 1. The molecular formula is C24H37N5O3S. The summed E-state index contributed by atoms with van der Waals surface area (Å²) in [6.45, 7) is 4.40. The lowest BCUT2D eigenvalue weighted by atomic mass is 9.94. The maximum Gasteiger partial charge on any atom is 0.237 e. The maximum atomic E-state index is 13.3. The monoisotopic (exact) mass is 475 g/mol. The third-order valence-corrected chi connectivity index (χ3v) is 10.2. The highest BCUT2D eigenvalue weighted by molar-refractivity contribution is 7.92. The van der Waals surface area contributed by atoms with Crippen molar-refractivity contribution in [3.05, 3.63) is 29.8 Å². The molecule has 0 spiro atoms. The number of benzene rings is 1. The second-order valence-corrected chi connectivity index (χ2v) is 12.3. The topological polar surface area (TPSA) is 103 Å². The van der Waals surface area contributed by atoms with E-state index in [-0.39, 0.29) is 17.2 Å². The molecule has 1 amide bonds. The average molecular weight is 476 g/mol. The van der Waals surface area contributed by atoms with Gasteiger partial charge >= 0.3 is 0 Å². The quantitative estimate of drug-likeness (QED) is 0.486. The Morgan fingerprint density at radius 1 is 1.06 bits per heavy atom. The van der Waals surface area contributed by atoms with Crippen LogP contribution in [0.5, 0.6) is 0 Å². The summed E-state index contributed by atoms with van der Waals surface area (Å²) in [6.07, 6.45) is 6.50. The second-order valence-electron chi connectivity index (χ2n) is 10.1. The van der Waals surface area contributed by atoms with Crippen LogP contribution in [0.1, 0.15) is 50.5 Å². The minimum Gasteiger partial charge on any atom is -0.351 e. The Morgan fingerprint density at radius 2 is 1.91 bits per heavy atom. The minimum absolute atomic E-state index is 0.0323. The number of carbonyl (C=O) groups is 1. The number of amides is 1. The smallest absolute Gasteiger partial charge is 0.237 e. The highest BCUT2D eigenvalue weighted by Crippen LogP contribution is 2.31. The first-order chi connectivity index (χ1) is 16.0. The summed E-state index contributed by atoms with van der Waals surface area (Å²) >= 11 is 0. The van der Waals surface area contributed by atoms with Crippen molar-refractivity contribution >= 4 is 15.7 Å². The van der Waals surface area contributed by atoms with Crippen molar-refractivity contribution in [2.75, 3.05) is 26.2 Å². The maximum absolute atomic E-state index is 13.3. The van der Waals surface area contributed by atoms with E-state index in [9.17, 15) is 13.2 Å². The third-order valence-electron chi connectivity index (χ3n) is 7.97. The van der Waals surface area contributed by atoms with E-state index in [4.69, 9.17) is 0 Å².